The zero-order valence-corrected chi connectivity index (χ0v) is 11.7. The van der Waals surface area contributed by atoms with Gasteiger partial charge in [-0.15, -0.1) is 0 Å². The second-order valence-corrected chi connectivity index (χ2v) is 2.15. The van der Waals surface area contributed by atoms with E-state index in [0.717, 1.165) is 12.2 Å². The lowest BCUT2D eigenvalue weighted by molar-refractivity contribution is -0.0882. The van der Waals surface area contributed by atoms with Gasteiger partial charge in [0.15, 0.2) is 0 Å². The lowest BCUT2D eigenvalue weighted by Gasteiger charge is -2.04. The monoisotopic (exact) mass is 240 g/mol. The van der Waals surface area contributed by atoms with Crippen molar-refractivity contribution < 1.29 is 13.2 Å². The molecule has 0 radical (unpaired) electrons. The van der Waals surface area contributed by atoms with Gasteiger partial charge in [-0.25, -0.2) is 0 Å². The van der Waals surface area contributed by atoms with Crippen molar-refractivity contribution in [1.82, 2.24) is 0 Å². The average molecular weight is 240 g/mol. The average Bonchev–Trinajstić information content (AvgIpc) is 2.24. The first-order valence-corrected chi connectivity index (χ1v) is 5.79. The molecule has 3 heteroatoms. The lowest BCUT2D eigenvalue weighted by Crippen LogP contribution is -2.08. The number of halogens is 3. The SMILES string of the molecule is C=C/C(=C\C)C(F)(F)F.CC.CC.CCC. The summed E-state index contributed by atoms with van der Waals surface area (Å²) in [6, 6.07) is 0. The van der Waals surface area contributed by atoms with E-state index in [9.17, 15) is 13.2 Å². The summed E-state index contributed by atoms with van der Waals surface area (Å²) < 4.78 is 34.7. The molecule has 0 heterocycles. The molecule has 0 aromatic rings. The fourth-order valence-corrected chi connectivity index (χ4v) is 0.397. The van der Waals surface area contributed by atoms with Gasteiger partial charge in [-0.2, -0.15) is 13.2 Å². The van der Waals surface area contributed by atoms with Crippen LogP contribution in [0.5, 0.6) is 0 Å². The Morgan fingerprint density at radius 3 is 1.31 bits per heavy atom. The normalized spacial score (nSPS) is 9.50. The standard InChI is InChI=1S/C6H7F3.C3H8.2C2H6/c1-3-5(4-2)6(7,8)9;1-3-2;2*1-2/h3-4H,1H2,2H3;3H2,1-2H3;2*1-2H3/b5-4+;;;. The third-order valence-electron chi connectivity index (χ3n) is 0.858. The second-order valence-electron chi connectivity index (χ2n) is 2.15. The van der Waals surface area contributed by atoms with E-state index in [0.29, 0.717) is 0 Å². The maximum atomic E-state index is 11.6. The maximum absolute atomic E-state index is 11.6. The maximum Gasteiger partial charge on any atom is 0.416 e. The first-order chi connectivity index (χ1) is 7.43. The van der Waals surface area contributed by atoms with Crippen LogP contribution < -0.4 is 0 Å². The molecule has 16 heavy (non-hydrogen) atoms. The Morgan fingerprint density at radius 2 is 1.31 bits per heavy atom. The zero-order chi connectivity index (χ0) is 14.2. The molecule has 0 saturated carbocycles. The topological polar surface area (TPSA) is 0 Å². The van der Waals surface area contributed by atoms with Gasteiger partial charge in [0.1, 0.15) is 0 Å². The van der Waals surface area contributed by atoms with Gasteiger partial charge in [0.2, 0.25) is 0 Å². The van der Waals surface area contributed by atoms with Crippen LogP contribution in [0.2, 0.25) is 0 Å². The molecule has 0 aliphatic rings. The van der Waals surface area contributed by atoms with Crippen LogP contribution >= 0.6 is 0 Å². The van der Waals surface area contributed by atoms with Crippen molar-refractivity contribution in [3.63, 3.8) is 0 Å². The van der Waals surface area contributed by atoms with Crippen LogP contribution in [-0.4, -0.2) is 6.18 Å². The smallest absolute Gasteiger partial charge is 0.166 e. The number of allylic oxidation sites excluding steroid dienone is 3. The summed E-state index contributed by atoms with van der Waals surface area (Å²) in [5.41, 5.74) is -0.692. The molecule has 0 amide bonds. The molecule has 0 spiro atoms. The molecule has 0 aromatic heterocycles. The number of rotatable bonds is 1. The van der Waals surface area contributed by atoms with Crippen LogP contribution in [-0.2, 0) is 0 Å². The molecule has 0 nitrogen and oxygen atoms in total. The van der Waals surface area contributed by atoms with Gasteiger partial charge < -0.3 is 0 Å². The van der Waals surface area contributed by atoms with Crippen LogP contribution in [0.15, 0.2) is 24.3 Å². The highest BCUT2D eigenvalue weighted by Gasteiger charge is 2.30. The molecule has 0 N–H and O–H groups in total. The Labute approximate surface area is 99.3 Å². The molecule has 0 aliphatic heterocycles. The Morgan fingerprint density at radius 1 is 1.06 bits per heavy atom. The highest BCUT2D eigenvalue weighted by atomic mass is 19.4. The van der Waals surface area contributed by atoms with Gasteiger partial charge in [-0.1, -0.05) is 66.7 Å². The summed E-state index contributed by atoms with van der Waals surface area (Å²) in [6.07, 6.45) is -1.22. The summed E-state index contributed by atoms with van der Waals surface area (Å²) in [6.45, 7) is 16.6. The van der Waals surface area contributed by atoms with Crippen molar-refractivity contribution in [3.05, 3.63) is 24.3 Å². The van der Waals surface area contributed by atoms with Gasteiger partial charge >= 0.3 is 6.18 Å². The molecule has 100 valence electrons. The molecule has 0 saturated heterocycles. The van der Waals surface area contributed by atoms with Crippen LogP contribution in [0.1, 0.15) is 54.9 Å². The Hall–Kier alpha value is -0.730. The van der Waals surface area contributed by atoms with Crippen LogP contribution in [0.25, 0.3) is 0 Å². The first-order valence-electron chi connectivity index (χ1n) is 5.79. The van der Waals surface area contributed by atoms with E-state index in [4.69, 9.17) is 0 Å². The van der Waals surface area contributed by atoms with E-state index in [1.54, 1.807) is 0 Å². The Bertz CT molecular complexity index is 144. The molecule has 0 fully saturated rings. The summed E-state index contributed by atoms with van der Waals surface area (Å²) in [5, 5.41) is 0. The summed E-state index contributed by atoms with van der Waals surface area (Å²) >= 11 is 0. The fourth-order valence-electron chi connectivity index (χ4n) is 0.397. The third-order valence-corrected chi connectivity index (χ3v) is 0.858. The molecule has 0 unspecified atom stereocenters. The van der Waals surface area contributed by atoms with Crippen LogP contribution in [0.3, 0.4) is 0 Å². The number of alkyl halides is 3. The van der Waals surface area contributed by atoms with E-state index in [-0.39, 0.29) is 0 Å². The minimum absolute atomic E-state index is 0.692. The summed E-state index contributed by atoms with van der Waals surface area (Å²) in [7, 11) is 0. The van der Waals surface area contributed by atoms with Crippen molar-refractivity contribution >= 4 is 0 Å². The fraction of sp³-hybridized carbons (Fsp3) is 0.692. The molecule has 0 aromatic carbocycles. The molecule has 0 atom stereocenters. The predicted octanol–water partition coefficient (Wildman–Crippen LogP) is 6.15. The van der Waals surface area contributed by atoms with Crippen LogP contribution in [0, 0.1) is 0 Å². The van der Waals surface area contributed by atoms with Gasteiger partial charge in [-0.3, -0.25) is 0 Å². The molecule has 0 aliphatic carbocycles. The van der Waals surface area contributed by atoms with Gasteiger partial charge in [-0.05, 0) is 6.92 Å². The van der Waals surface area contributed by atoms with Crippen molar-refractivity contribution in [2.45, 2.75) is 61.1 Å². The van der Waals surface area contributed by atoms with Gasteiger partial charge in [0.05, 0.1) is 5.57 Å². The highest BCUT2D eigenvalue weighted by molar-refractivity contribution is 5.20. The Balaban J connectivity index is -0.0000000864. The van der Waals surface area contributed by atoms with Crippen molar-refractivity contribution in [3.8, 4) is 0 Å². The van der Waals surface area contributed by atoms with Crippen molar-refractivity contribution in [2.24, 2.45) is 0 Å². The minimum Gasteiger partial charge on any atom is -0.166 e. The largest absolute Gasteiger partial charge is 0.416 e. The minimum atomic E-state index is -4.24. The molecular formula is C13H27F3. The molecule has 0 rings (SSSR count). The number of hydrogen-bond donors (Lipinski definition) is 0. The zero-order valence-electron chi connectivity index (χ0n) is 11.7. The summed E-state index contributed by atoms with van der Waals surface area (Å²) in [5.74, 6) is 0. The molecule has 0 bridgehead atoms. The predicted molar refractivity (Wildman–Crippen MR) is 68.7 cm³/mol. The van der Waals surface area contributed by atoms with E-state index >= 15 is 0 Å². The van der Waals surface area contributed by atoms with Gasteiger partial charge in [0, 0.05) is 0 Å². The lowest BCUT2D eigenvalue weighted by atomic mass is 10.2. The van der Waals surface area contributed by atoms with E-state index in [2.05, 4.69) is 20.4 Å². The molecular weight excluding hydrogens is 213 g/mol. The summed E-state index contributed by atoms with van der Waals surface area (Å²) in [4.78, 5) is 0. The van der Waals surface area contributed by atoms with Crippen molar-refractivity contribution in [2.75, 3.05) is 0 Å². The third kappa shape index (κ3) is 23.2. The van der Waals surface area contributed by atoms with E-state index in [1.165, 1.54) is 13.3 Å². The number of hydrogen-bond acceptors (Lipinski definition) is 0. The van der Waals surface area contributed by atoms with E-state index < -0.39 is 11.7 Å². The highest BCUT2D eigenvalue weighted by Crippen LogP contribution is 2.25. The van der Waals surface area contributed by atoms with Crippen molar-refractivity contribution in [1.29, 1.82) is 0 Å². The quantitative estimate of drug-likeness (QED) is 0.482. The first kappa shape index (κ1) is 24.5. The Kier molecular flexibility index (Phi) is 30.3. The van der Waals surface area contributed by atoms with Crippen LogP contribution in [0.4, 0.5) is 13.2 Å². The van der Waals surface area contributed by atoms with E-state index in [1.807, 2.05) is 27.7 Å². The van der Waals surface area contributed by atoms with Gasteiger partial charge in [0.25, 0.3) is 0 Å². The second kappa shape index (κ2) is 19.8.